The van der Waals surface area contributed by atoms with Crippen molar-refractivity contribution in [3.8, 4) is 0 Å². The average Bonchev–Trinajstić information content (AvgIpc) is 2.68. The molecule has 6 heteroatoms. The van der Waals surface area contributed by atoms with Crippen LogP contribution in [0.5, 0.6) is 0 Å². The van der Waals surface area contributed by atoms with Gasteiger partial charge in [0.15, 0.2) is 5.78 Å². The molecule has 1 amide bonds. The number of rotatable bonds is 3. The number of hydrogen-bond acceptors (Lipinski definition) is 5. The molecule has 27 heavy (non-hydrogen) atoms. The van der Waals surface area contributed by atoms with E-state index in [9.17, 15) is 9.59 Å². The van der Waals surface area contributed by atoms with E-state index in [4.69, 9.17) is 0 Å². The standard InChI is InChI=1S/C21H20N4O2/c1-13-18(21(27)25-14-6-5-10-22-12-14)20(15-7-2-3-11-23-15)19-16(24-13)8-4-9-17(19)26/h2-3,5-7,10-12,20,24H,4,8-9H2,1H3,(H,25,27)/t20-/m1/s1. The van der Waals surface area contributed by atoms with E-state index in [0.29, 0.717) is 28.9 Å². The molecule has 2 aromatic heterocycles. The fraction of sp³-hybridized carbons (Fsp3) is 0.238. The molecule has 3 heterocycles. The summed E-state index contributed by atoms with van der Waals surface area (Å²) in [7, 11) is 0. The van der Waals surface area contributed by atoms with E-state index in [1.54, 1.807) is 30.7 Å². The molecule has 0 bridgehead atoms. The first-order chi connectivity index (χ1) is 13.1. The van der Waals surface area contributed by atoms with Crippen LogP contribution in [0.1, 0.15) is 37.8 Å². The second kappa shape index (κ2) is 7.15. The Morgan fingerprint density at radius 2 is 2.07 bits per heavy atom. The van der Waals surface area contributed by atoms with E-state index in [2.05, 4.69) is 20.6 Å². The third-order valence-electron chi connectivity index (χ3n) is 4.92. The quantitative estimate of drug-likeness (QED) is 0.879. The first-order valence-corrected chi connectivity index (χ1v) is 9.01. The Balaban J connectivity index is 1.78. The summed E-state index contributed by atoms with van der Waals surface area (Å²) in [6.07, 6.45) is 7.06. The Morgan fingerprint density at radius 1 is 1.19 bits per heavy atom. The topological polar surface area (TPSA) is 84.0 Å². The third kappa shape index (κ3) is 3.26. The lowest BCUT2D eigenvalue weighted by atomic mass is 9.76. The summed E-state index contributed by atoms with van der Waals surface area (Å²) in [6.45, 7) is 1.87. The molecule has 136 valence electrons. The molecule has 0 spiro atoms. The zero-order valence-electron chi connectivity index (χ0n) is 15.0. The number of nitrogens with zero attached hydrogens (tertiary/aromatic N) is 2. The lowest BCUT2D eigenvalue weighted by Crippen LogP contribution is -2.35. The number of Topliss-reactive ketones (excluding diaryl/α,β-unsaturated/α-hetero) is 1. The van der Waals surface area contributed by atoms with Gasteiger partial charge < -0.3 is 10.6 Å². The van der Waals surface area contributed by atoms with Gasteiger partial charge in [-0.1, -0.05) is 6.07 Å². The van der Waals surface area contributed by atoms with Crippen LogP contribution in [0.25, 0.3) is 0 Å². The van der Waals surface area contributed by atoms with Crippen LogP contribution in [0.15, 0.2) is 71.5 Å². The first-order valence-electron chi connectivity index (χ1n) is 9.01. The highest BCUT2D eigenvalue weighted by molar-refractivity contribution is 6.09. The molecule has 2 aromatic rings. The maximum Gasteiger partial charge on any atom is 0.254 e. The molecule has 0 saturated carbocycles. The Kier molecular flexibility index (Phi) is 4.54. The van der Waals surface area contributed by atoms with E-state index < -0.39 is 5.92 Å². The van der Waals surface area contributed by atoms with Gasteiger partial charge in [-0.05, 0) is 44.0 Å². The number of hydrogen-bond donors (Lipinski definition) is 2. The Labute approximate surface area is 157 Å². The number of allylic oxidation sites excluding steroid dienone is 3. The number of carbonyl (C=O) groups is 2. The number of pyridine rings is 2. The lowest BCUT2D eigenvalue weighted by Gasteiger charge is -2.34. The first kappa shape index (κ1) is 17.1. The SMILES string of the molecule is CC1=C(C(=O)Nc2cccnc2)[C@@H](c2ccccn2)C2=C(CCCC2=O)N1. The maximum absolute atomic E-state index is 13.1. The van der Waals surface area contributed by atoms with Crippen molar-refractivity contribution < 1.29 is 9.59 Å². The molecule has 0 radical (unpaired) electrons. The molecule has 1 atom stereocenters. The average molecular weight is 360 g/mol. The van der Waals surface area contributed by atoms with Crippen LogP contribution in [-0.2, 0) is 9.59 Å². The van der Waals surface area contributed by atoms with Crippen molar-refractivity contribution in [2.75, 3.05) is 5.32 Å². The molecule has 4 rings (SSSR count). The monoisotopic (exact) mass is 360 g/mol. The molecular weight excluding hydrogens is 340 g/mol. The predicted molar refractivity (Wildman–Crippen MR) is 102 cm³/mol. The number of dihydropyridines is 1. The molecule has 1 aliphatic carbocycles. The Bertz CT molecular complexity index is 949. The molecule has 2 N–H and O–H groups in total. The minimum absolute atomic E-state index is 0.0820. The molecule has 0 saturated heterocycles. The van der Waals surface area contributed by atoms with Gasteiger partial charge in [-0.15, -0.1) is 0 Å². The highest BCUT2D eigenvalue weighted by atomic mass is 16.2. The summed E-state index contributed by atoms with van der Waals surface area (Å²) in [5, 5.41) is 6.19. The largest absolute Gasteiger partial charge is 0.362 e. The van der Waals surface area contributed by atoms with Gasteiger partial charge in [0, 0.05) is 41.4 Å². The van der Waals surface area contributed by atoms with Crippen molar-refractivity contribution >= 4 is 17.4 Å². The Morgan fingerprint density at radius 3 is 2.81 bits per heavy atom. The minimum atomic E-state index is -0.466. The van der Waals surface area contributed by atoms with Crippen molar-refractivity contribution in [3.05, 3.63) is 77.2 Å². The van der Waals surface area contributed by atoms with Crippen molar-refractivity contribution in [2.24, 2.45) is 0 Å². The number of carbonyl (C=O) groups excluding carboxylic acids is 2. The summed E-state index contributed by atoms with van der Waals surface area (Å²) < 4.78 is 0. The highest BCUT2D eigenvalue weighted by Gasteiger charge is 2.39. The fourth-order valence-electron chi connectivity index (χ4n) is 3.76. The smallest absolute Gasteiger partial charge is 0.254 e. The number of anilines is 1. The van der Waals surface area contributed by atoms with Gasteiger partial charge in [0.2, 0.25) is 0 Å². The highest BCUT2D eigenvalue weighted by Crippen LogP contribution is 2.41. The molecule has 2 aliphatic rings. The number of ketones is 1. The van der Waals surface area contributed by atoms with Crippen molar-refractivity contribution in [1.82, 2.24) is 15.3 Å². The van der Waals surface area contributed by atoms with Crippen molar-refractivity contribution in [3.63, 3.8) is 0 Å². The van der Waals surface area contributed by atoms with Gasteiger partial charge in [0.05, 0.1) is 23.5 Å². The fourth-order valence-corrected chi connectivity index (χ4v) is 3.76. The van der Waals surface area contributed by atoms with Gasteiger partial charge >= 0.3 is 0 Å². The molecule has 6 nitrogen and oxygen atoms in total. The van der Waals surface area contributed by atoms with Crippen LogP contribution in [-0.4, -0.2) is 21.7 Å². The zero-order valence-corrected chi connectivity index (χ0v) is 15.0. The van der Waals surface area contributed by atoms with Crippen LogP contribution >= 0.6 is 0 Å². The Hall–Kier alpha value is -3.28. The maximum atomic E-state index is 13.1. The zero-order chi connectivity index (χ0) is 18.8. The minimum Gasteiger partial charge on any atom is -0.362 e. The number of aromatic nitrogens is 2. The lowest BCUT2D eigenvalue weighted by molar-refractivity contribution is -0.116. The van der Waals surface area contributed by atoms with E-state index in [-0.39, 0.29) is 11.7 Å². The normalized spacial score (nSPS) is 19.4. The second-order valence-corrected chi connectivity index (χ2v) is 6.72. The van der Waals surface area contributed by atoms with E-state index in [1.165, 1.54) is 0 Å². The van der Waals surface area contributed by atoms with Crippen LogP contribution in [0.4, 0.5) is 5.69 Å². The summed E-state index contributed by atoms with van der Waals surface area (Å²) in [5.41, 5.74) is 4.17. The number of amides is 1. The predicted octanol–water partition coefficient (Wildman–Crippen LogP) is 3.08. The summed E-state index contributed by atoms with van der Waals surface area (Å²) >= 11 is 0. The van der Waals surface area contributed by atoms with Gasteiger partial charge in [-0.25, -0.2) is 0 Å². The summed E-state index contributed by atoms with van der Waals surface area (Å²) in [6, 6.07) is 9.12. The van der Waals surface area contributed by atoms with E-state index >= 15 is 0 Å². The van der Waals surface area contributed by atoms with Crippen LogP contribution in [0.3, 0.4) is 0 Å². The third-order valence-corrected chi connectivity index (χ3v) is 4.92. The van der Waals surface area contributed by atoms with Gasteiger partial charge in [-0.3, -0.25) is 19.6 Å². The molecule has 0 unspecified atom stereocenters. The van der Waals surface area contributed by atoms with Gasteiger partial charge in [0.25, 0.3) is 5.91 Å². The van der Waals surface area contributed by atoms with Crippen LogP contribution < -0.4 is 10.6 Å². The van der Waals surface area contributed by atoms with Crippen LogP contribution in [0, 0.1) is 0 Å². The van der Waals surface area contributed by atoms with Crippen LogP contribution in [0.2, 0.25) is 0 Å². The second-order valence-electron chi connectivity index (χ2n) is 6.72. The van der Waals surface area contributed by atoms with Gasteiger partial charge in [0.1, 0.15) is 0 Å². The van der Waals surface area contributed by atoms with Crippen molar-refractivity contribution in [1.29, 1.82) is 0 Å². The molecule has 0 fully saturated rings. The molecular formula is C21H20N4O2. The number of nitrogens with one attached hydrogen (secondary N) is 2. The molecule has 0 aromatic carbocycles. The van der Waals surface area contributed by atoms with Gasteiger partial charge in [-0.2, -0.15) is 0 Å². The van der Waals surface area contributed by atoms with E-state index in [0.717, 1.165) is 24.2 Å². The summed E-state index contributed by atoms with van der Waals surface area (Å²) in [5.74, 6) is -0.640. The van der Waals surface area contributed by atoms with Crippen molar-refractivity contribution in [2.45, 2.75) is 32.1 Å². The molecule has 1 aliphatic heterocycles. The summed E-state index contributed by atoms with van der Waals surface area (Å²) in [4.78, 5) is 34.4. The van der Waals surface area contributed by atoms with E-state index in [1.807, 2.05) is 25.1 Å².